The molecular weight excluding hydrogens is 332 g/mol. The number of hydrogen-bond donors (Lipinski definition) is 2. The summed E-state index contributed by atoms with van der Waals surface area (Å²) in [6.07, 6.45) is 0.0286. The number of ether oxygens (including phenoxy) is 2. The quantitative estimate of drug-likeness (QED) is 0.810. The third kappa shape index (κ3) is 5.33. The first-order chi connectivity index (χ1) is 11.2. The number of amides is 1. The minimum absolute atomic E-state index is 0.202. The van der Waals surface area contributed by atoms with Crippen LogP contribution in [0.5, 0.6) is 0 Å². The number of aliphatic hydroxyl groups excluding tert-OH is 1. The molecule has 2 rings (SSSR count). The van der Waals surface area contributed by atoms with E-state index in [1.54, 1.807) is 13.0 Å². The molecule has 0 fully saturated rings. The van der Waals surface area contributed by atoms with Gasteiger partial charge >= 0.3 is 6.09 Å². The van der Waals surface area contributed by atoms with Crippen LogP contribution in [0, 0.1) is 0 Å². The molecule has 134 valence electrons. The Bertz CT molecular complexity index is 586. The molecule has 1 aromatic heterocycles. The fraction of sp³-hybridized carbons (Fsp3) is 0.647. The van der Waals surface area contributed by atoms with Gasteiger partial charge in [-0.2, -0.15) is 0 Å². The van der Waals surface area contributed by atoms with Crippen LogP contribution >= 0.6 is 11.6 Å². The Balaban J connectivity index is 2.20. The summed E-state index contributed by atoms with van der Waals surface area (Å²) in [4.78, 5) is 16.5. The topological polar surface area (TPSA) is 80.7 Å². The molecular formula is C17H25ClN2O4. The van der Waals surface area contributed by atoms with Crippen LogP contribution in [0.1, 0.15) is 51.4 Å². The van der Waals surface area contributed by atoms with Crippen LogP contribution < -0.4 is 5.32 Å². The van der Waals surface area contributed by atoms with E-state index in [1.807, 2.05) is 26.8 Å². The molecule has 0 radical (unpaired) electrons. The van der Waals surface area contributed by atoms with Crippen molar-refractivity contribution in [1.29, 1.82) is 0 Å². The molecule has 0 aromatic carbocycles. The normalized spacial score (nSPS) is 21.8. The molecule has 0 bridgehead atoms. The number of pyridine rings is 1. The fourth-order valence-electron chi connectivity index (χ4n) is 2.66. The highest BCUT2D eigenvalue weighted by atomic mass is 35.5. The third-order valence-corrected chi connectivity index (χ3v) is 3.78. The van der Waals surface area contributed by atoms with Crippen molar-refractivity contribution in [3.05, 3.63) is 28.5 Å². The van der Waals surface area contributed by atoms with Crippen molar-refractivity contribution < 1.29 is 19.4 Å². The van der Waals surface area contributed by atoms with Crippen LogP contribution in [0.4, 0.5) is 4.79 Å². The lowest BCUT2D eigenvalue weighted by Gasteiger charge is -2.34. The van der Waals surface area contributed by atoms with Gasteiger partial charge in [-0.15, -0.1) is 0 Å². The molecule has 6 nitrogen and oxygen atoms in total. The summed E-state index contributed by atoms with van der Waals surface area (Å²) in [5.41, 5.74) is 1.13. The van der Waals surface area contributed by atoms with E-state index >= 15 is 0 Å². The van der Waals surface area contributed by atoms with Crippen LogP contribution in [0.25, 0.3) is 0 Å². The van der Waals surface area contributed by atoms with E-state index in [1.165, 1.54) is 0 Å². The number of carbonyl (C=O) groups is 1. The Labute approximate surface area is 147 Å². The molecule has 0 aliphatic heterocycles. The maximum atomic E-state index is 12.2. The van der Waals surface area contributed by atoms with Gasteiger partial charge in [-0.1, -0.05) is 17.7 Å². The van der Waals surface area contributed by atoms with Gasteiger partial charge in [0.2, 0.25) is 0 Å². The van der Waals surface area contributed by atoms with Gasteiger partial charge < -0.3 is 19.9 Å². The molecule has 0 saturated carbocycles. The Morgan fingerprint density at radius 2 is 2.21 bits per heavy atom. The predicted molar refractivity (Wildman–Crippen MR) is 91.1 cm³/mol. The highest BCUT2D eigenvalue weighted by Crippen LogP contribution is 2.32. The number of fused-ring (bicyclic) bond motifs is 1. The van der Waals surface area contributed by atoms with E-state index in [2.05, 4.69) is 10.3 Å². The third-order valence-electron chi connectivity index (χ3n) is 3.57. The summed E-state index contributed by atoms with van der Waals surface area (Å²) < 4.78 is 11.1. The van der Waals surface area contributed by atoms with Gasteiger partial charge in [0.25, 0.3) is 0 Å². The van der Waals surface area contributed by atoms with Gasteiger partial charge in [0, 0.05) is 5.69 Å². The zero-order valence-electron chi connectivity index (χ0n) is 14.5. The lowest BCUT2D eigenvalue weighted by molar-refractivity contribution is -0.0294. The second kappa shape index (κ2) is 7.68. The average Bonchev–Trinajstić information content (AvgIpc) is 2.43. The second-order valence-corrected chi connectivity index (χ2v) is 7.44. The molecule has 1 aliphatic carbocycles. The van der Waals surface area contributed by atoms with E-state index in [0.29, 0.717) is 18.0 Å². The first-order valence-corrected chi connectivity index (χ1v) is 8.48. The monoisotopic (exact) mass is 356 g/mol. The minimum Gasteiger partial charge on any atom is -0.444 e. The molecule has 1 amide bonds. The highest BCUT2D eigenvalue weighted by molar-refractivity contribution is 6.29. The van der Waals surface area contributed by atoms with Crippen LogP contribution in [0.2, 0.25) is 5.15 Å². The summed E-state index contributed by atoms with van der Waals surface area (Å²) in [5.74, 6) is 0. The van der Waals surface area contributed by atoms with Crippen molar-refractivity contribution in [3.63, 3.8) is 0 Å². The molecule has 3 atom stereocenters. The van der Waals surface area contributed by atoms with E-state index in [0.717, 1.165) is 11.3 Å². The average molecular weight is 357 g/mol. The zero-order chi connectivity index (χ0) is 17.9. The van der Waals surface area contributed by atoms with E-state index in [9.17, 15) is 9.90 Å². The van der Waals surface area contributed by atoms with Crippen molar-refractivity contribution in [3.8, 4) is 0 Å². The summed E-state index contributed by atoms with van der Waals surface area (Å²) in [7, 11) is 0. The first kappa shape index (κ1) is 19.0. The largest absolute Gasteiger partial charge is 0.444 e. The van der Waals surface area contributed by atoms with Gasteiger partial charge in [-0.3, -0.25) is 0 Å². The van der Waals surface area contributed by atoms with Crippen LogP contribution in [-0.4, -0.2) is 40.6 Å². The standard InChI is InChI=1S/C17H25ClN2O4/c1-10(21)9-23-13-7-6-12-11(5-8-14(18)19-12)15(13)20-16(22)24-17(2,3)4/h5,8,10,13,15,21H,6-7,9H2,1-4H3,(H,20,22)/t10-,13+,15-/m0/s1. The predicted octanol–water partition coefficient (Wildman–Crippen LogP) is 3.01. The second-order valence-electron chi connectivity index (χ2n) is 7.05. The number of carbonyl (C=O) groups excluding carboxylic acids is 1. The number of nitrogens with one attached hydrogen (secondary N) is 1. The van der Waals surface area contributed by atoms with E-state index in [4.69, 9.17) is 21.1 Å². The van der Waals surface area contributed by atoms with Gasteiger partial charge in [-0.05, 0) is 52.2 Å². The molecule has 1 heterocycles. The van der Waals surface area contributed by atoms with Crippen molar-refractivity contribution in [2.75, 3.05) is 6.61 Å². The number of alkyl carbamates (subject to hydrolysis) is 1. The number of rotatable bonds is 4. The molecule has 0 spiro atoms. The summed E-state index contributed by atoms with van der Waals surface area (Å²) in [6, 6.07) is 3.15. The Hall–Kier alpha value is -1.37. The van der Waals surface area contributed by atoms with Crippen molar-refractivity contribution in [1.82, 2.24) is 10.3 Å². The summed E-state index contributed by atoms with van der Waals surface area (Å²) in [6.45, 7) is 7.29. The number of aryl methyl sites for hydroxylation is 1. The molecule has 7 heteroatoms. The summed E-state index contributed by atoms with van der Waals surface area (Å²) in [5, 5.41) is 12.8. The van der Waals surface area contributed by atoms with Gasteiger partial charge in [0.1, 0.15) is 10.8 Å². The zero-order valence-corrected chi connectivity index (χ0v) is 15.3. The highest BCUT2D eigenvalue weighted by Gasteiger charge is 2.34. The Morgan fingerprint density at radius 1 is 1.50 bits per heavy atom. The number of hydrogen-bond acceptors (Lipinski definition) is 5. The van der Waals surface area contributed by atoms with Crippen molar-refractivity contribution in [2.24, 2.45) is 0 Å². The molecule has 0 saturated heterocycles. The number of aromatic nitrogens is 1. The van der Waals surface area contributed by atoms with Gasteiger partial charge in [0.05, 0.1) is 24.9 Å². The molecule has 1 aromatic rings. The lowest BCUT2D eigenvalue weighted by Crippen LogP contribution is -2.43. The molecule has 24 heavy (non-hydrogen) atoms. The maximum absolute atomic E-state index is 12.2. The molecule has 0 unspecified atom stereocenters. The first-order valence-electron chi connectivity index (χ1n) is 8.10. The number of halogens is 1. The minimum atomic E-state index is -0.588. The van der Waals surface area contributed by atoms with E-state index in [-0.39, 0.29) is 12.7 Å². The van der Waals surface area contributed by atoms with Crippen LogP contribution in [0.3, 0.4) is 0 Å². The lowest BCUT2D eigenvalue weighted by atomic mass is 9.88. The van der Waals surface area contributed by atoms with Crippen LogP contribution in [0.15, 0.2) is 12.1 Å². The van der Waals surface area contributed by atoms with Gasteiger partial charge in [0.15, 0.2) is 0 Å². The van der Waals surface area contributed by atoms with Crippen molar-refractivity contribution in [2.45, 2.75) is 64.4 Å². The molecule has 2 N–H and O–H groups in total. The number of nitrogens with zero attached hydrogens (tertiary/aromatic N) is 1. The number of aliphatic hydroxyl groups is 1. The Kier molecular flexibility index (Phi) is 6.06. The maximum Gasteiger partial charge on any atom is 0.408 e. The van der Waals surface area contributed by atoms with Crippen LogP contribution in [-0.2, 0) is 15.9 Å². The SMILES string of the molecule is C[C@H](O)CO[C@@H]1CCc2nc(Cl)ccc2[C@@H]1NC(=O)OC(C)(C)C. The summed E-state index contributed by atoms with van der Waals surface area (Å²) >= 11 is 5.97. The molecule has 1 aliphatic rings. The van der Waals surface area contributed by atoms with Crippen molar-refractivity contribution >= 4 is 17.7 Å². The smallest absolute Gasteiger partial charge is 0.408 e. The fourth-order valence-corrected chi connectivity index (χ4v) is 2.83. The Morgan fingerprint density at radius 3 is 2.83 bits per heavy atom. The van der Waals surface area contributed by atoms with E-state index < -0.39 is 23.8 Å². The van der Waals surface area contributed by atoms with Gasteiger partial charge in [-0.25, -0.2) is 9.78 Å².